The van der Waals surface area contributed by atoms with Gasteiger partial charge in [0.2, 0.25) is 0 Å². The van der Waals surface area contributed by atoms with E-state index in [1.54, 1.807) is 22.4 Å². The van der Waals surface area contributed by atoms with E-state index in [2.05, 4.69) is 4.98 Å². The second-order valence-corrected chi connectivity index (χ2v) is 4.68. The van der Waals surface area contributed by atoms with Crippen LogP contribution >= 0.6 is 0 Å². The second-order valence-electron chi connectivity index (χ2n) is 4.68. The van der Waals surface area contributed by atoms with Gasteiger partial charge in [0.1, 0.15) is 0 Å². The molecule has 2 heterocycles. The summed E-state index contributed by atoms with van der Waals surface area (Å²) in [4.78, 5) is 16.7. The zero-order valence-corrected chi connectivity index (χ0v) is 11.0. The van der Waals surface area contributed by atoms with Gasteiger partial charge in [-0.3, -0.25) is 14.1 Å². The van der Waals surface area contributed by atoms with Gasteiger partial charge in [0.15, 0.2) is 0 Å². The summed E-state index contributed by atoms with van der Waals surface area (Å²) in [5.74, 6) is 0. The van der Waals surface area contributed by atoms with E-state index < -0.39 is 0 Å². The van der Waals surface area contributed by atoms with Gasteiger partial charge < -0.3 is 0 Å². The average Bonchev–Trinajstić information content (AvgIpc) is 2.67. The van der Waals surface area contributed by atoms with Gasteiger partial charge in [-0.15, -0.1) is 0 Å². The molecule has 0 spiro atoms. The van der Waals surface area contributed by atoms with Crippen molar-refractivity contribution in [3.05, 3.63) is 64.3 Å². The molecule has 0 saturated heterocycles. The first-order valence-corrected chi connectivity index (χ1v) is 6.23. The Hall–Kier alpha value is -2.36. The number of para-hydroxylation sites is 2. The summed E-state index contributed by atoms with van der Waals surface area (Å²) < 4.78 is 3.44. The molecule has 0 fully saturated rings. The minimum Gasteiger partial charge on any atom is -0.295 e. The highest BCUT2D eigenvalue weighted by Gasteiger charge is 2.11. The number of imidazole rings is 1. The maximum Gasteiger partial charge on any atom is 0.329 e. The van der Waals surface area contributed by atoms with Crippen LogP contribution in [0.25, 0.3) is 11.0 Å². The summed E-state index contributed by atoms with van der Waals surface area (Å²) in [7, 11) is 1.80. The van der Waals surface area contributed by atoms with E-state index in [4.69, 9.17) is 0 Å². The molecule has 4 nitrogen and oxygen atoms in total. The van der Waals surface area contributed by atoms with Gasteiger partial charge in [-0.2, -0.15) is 0 Å². The molecular weight excluding hydrogens is 238 g/mol. The van der Waals surface area contributed by atoms with Crippen LogP contribution < -0.4 is 5.69 Å². The molecular formula is C15H15N3O. The number of nitrogens with zero attached hydrogens (tertiary/aromatic N) is 3. The van der Waals surface area contributed by atoms with Gasteiger partial charge in [0.25, 0.3) is 0 Å². The SMILES string of the molecule is Cc1cccnc1Cn1c(=O)n(C)c2ccccc21. The first kappa shape index (κ1) is 11.7. The van der Waals surface area contributed by atoms with Crippen molar-refractivity contribution in [2.45, 2.75) is 13.5 Å². The number of aromatic nitrogens is 3. The Labute approximate surface area is 110 Å². The fourth-order valence-electron chi connectivity index (χ4n) is 2.35. The largest absolute Gasteiger partial charge is 0.329 e. The molecule has 0 amide bonds. The van der Waals surface area contributed by atoms with Crippen molar-refractivity contribution in [2.75, 3.05) is 0 Å². The van der Waals surface area contributed by atoms with E-state index in [1.165, 1.54) is 0 Å². The molecule has 0 aliphatic rings. The predicted octanol–water partition coefficient (Wildman–Crippen LogP) is 2.09. The van der Waals surface area contributed by atoms with E-state index in [0.29, 0.717) is 6.54 Å². The molecule has 96 valence electrons. The summed E-state index contributed by atoms with van der Waals surface area (Å²) >= 11 is 0. The minimum absolute atomic E-state index is 0.00810. The van der Waals surface area contributed by atoms with Crippen molar-refractivity contribution in [1.82, 2.24) is 14.1 Å². The predicted molar refractivity (Wildman–Crippen MR) is 75.3 cm³/mol. The van der Waals surface area contributed by atoms with Crippen LogP contribution in [0, 0.1) is 6.92 Å². The summed E-state index contributed by atoms with van der Waals surface area (Å²) in [5.41, 5.74) is 3.91. The van der Waals surface area contributed by atoms with E-state index in [9.17, 15) is 4.79 Å². The first-order chi connectivity index (χ1) is 9.18. The number of hydrogen-bond donors (Lipinski definition) is 0. The normalized spacial score (nSPS) is 11.1. The van der Waals surface area contributed by atoms with E-state index in [0.717, 1.165) is 22.3 Å². The van der Waals surface area contributed by atoms with Gasteiger partial charge in [-0.1, -0.05) is 18.2 Å². The van der Waals surface area contributed by atoms with Crippen LogP contribution in [0.2, 0.25) is 0 Å². The quantitative estimate of drug-likeness (QED) is 0.701. The first-order valence-electron chi connectivity index (χ1n) is 6.23. The molecule has 0 unspecified atom stereocenters. The van der Waals surface area contributed by atoms with Gasteiger partial charge in [0, 0.05) is 13.2 Å². The molecule has 0 saturated carbocycles. The molecule has 0 radical (unpaired) electrons. The summed E-state index contributed by atoms with van der Waals surface area (Å²) in [5, 5.41) is 0. The van der Waals surface area contributed by atoms with Crippen LogP contribution in [0.15, 0.2) is 47.4 Å². The van der Waals surface area contributed by atoms with Crippen molar-refractivity contribution in [1.29, 1.82) is 0 Å². The third-order valence-corrected chi connectivity index (χ3v) is 3.48. The lowest BCUT2D eigenvalue weighted by Crippen LogP contribution is -2.23. The zero-order valence-electron chi connectivity index (χ0n) is 11.0. The Morgan fingerprint density at radius 2 is 1.84 bits per heavy atom. The van der Waals surface area contributed by atoms with Crippen LogP contribution in [0.4, 0.5) is 0 Å². The lowest BCUT2D eigenvalue weighted by molar-refractivity contribution is 0.718. The number of pyridine rings is 1. The Balaban J connectivity index is 2.19. The van der Waals surface area contributed by atoms with Crippen LogP contribution in [-0.2, 0) is 13.6 Å². The van der Waals surface area contributed by atoms with Crippen LogP contribution in [0.5, 0.6) is 0 Å². The Morgan fingerprint density at radius 1 is 1.11 bits per heavy atom. The molecule has 0 N–H and O–H groups in total. The number of hydrogen-bond acceptors (Lipinski definition) is 2. The topological polar surface area (TPSA) is 39.8 Å². The maximum absolute atomic E-state index is 12.3. The van der Waals surface area contributed by atoms with E-state index >= 15 is 0 Å². The summed E-state index contributed by atoms with van der Waals surface area (Å²) in [6.07, 6.45) is 1.76. The third-order valence-electron chi connectivity index (χ3n) is 3.48. The molecule has 0 aliphatic heterocycles. The lowest BCUT2D eigenvalue weighted by atomic mass is 10.2. The minimum atomic E-state index is -0.00810. The van der Waals surface area contributed by atoms with Gasteiger partial charge in [-0.25, -0.2) is 4.79 Å². The average molecular weight is 253 g/mol. The van der Waals surface area contributed by atoms with Crippen molar-refractivity contribution in [3.63, 3.8) is 0 Å². The van der Waals surface area contributed by atoms with E-state index in [-0.39, 0.29) is 5.69 Å². The summed E-state index contributed by atoms with van der Waals surface area (Å²) in [6, 6.07) is 11.7. The van der Waals surface area contributed by atoms with Gasteiger partial charge in [0.05, 0.1) is 23.3 Å². The molecule has 0 bridgehead atoms. The smallest absolute Gasteiger partial charge is 0.295 e. The van der Waals surface area contributed by atoms with Crippen molar-refractivity contribution in [2.24, 2.45) is 7.05 Å². The van der Waals surface area contributed by atoms with Crippen molar-refractivity contribution >= 4 is 11.0 Å². The van der Waals surface area contributed by atoms with Crippen LogP contribution in [-0.4, -0.2) is 14.1 Å². The monoisotopic (exact) mass is 253 g/mol. The Morgan fingerprint density at radius 3 is 2.58 bits per heavy atom. The number of benzene rings is 1. The molecule has 1 aromatic carbocycles. The zero-order chi connectivity index (χ0) is 13.4. The number of fused-ring (bicyclic) bond motifs is 1. The molecule has 3 aromatic rings. The van der Waals surface area contributed by atoms with Gasteiger partial charge >= 0.3 is 5.69 Å². The Bertz CT molecular complexity index is 799. The van der Waals surface area contributed by atoms with Crippen LogP contribution in [0.1, 0.15) is 11.3 Å². The van der Waals surface area contributed by atoms with E-state index in [1.807, 2.05) is 43.3 Å². The molecule has 0 aliphatic carbocycles. The van der Waals surface area contributed by atoms with Crippen LogP contribution in [0.3, 0.4) is 0 Å². The highest BCUT2D eigenvalue weighted by molar-refractivity contribution is 5.75. The number of rotatable bonds is 2. The highest BCUT2D eigenvalue weighted by atomic mass is 16.1. The highest BCUT2D eigenvalue weighted by Crippen LogP contribution is 2.13. The fourth-order valence-corrected chi connectivity index (χ4v) is 2.35. The van der Waals surface area contributed by atoms with Crippen molar-refractivity contribution < 1.29 is 0 Å². The third kappa shape index (κ3) is 1.85. The summed E-state index contributed by atoms with van der Waals surface area (Å²) in [6.45, 7) is 2.52. The molecule has 4 heteroatoms. The molecule has 2 aromatic heterocycles. The molecule has 0 atom stereocenters. The number of aryl methyl sites for hydroxylation is 2. The van der Waals surface area contributed by atoms with Crippen molar-refractivity contribution in [3.8, 4) is 0 Å². The van der Waals surface area contributed by atoms with Gasteiger partial charge in [-0.05, 0) is 30.7 Å². The standard InChI is InChI=1S/C15H15N3O/c1-11-6-5-9-16-12(11)10-18-14-8-4-3-7-13(14)17(2)15(18)19/h3-9H,10H2,1-2H3. The fraction of sp³-hybridized carbons (Fsp3) is 0.200. The molecule has 19 heavy (non-hydrogen) atoms. The lowest BCUT2D eigenvalue weighted by Gasteiger charge is -2.05. The Kier molecular flexibility index (Phi) is 2.71. The maximum atomic E-state index is 12.3. The second kappa shape index (κ2) is 4.39. The molecule has 3 rings (SSSR count).